The zero-order valence-corrected chi connectivity index (χ0v) is 17.8. The number of nitriles is 1. The monoisotopic (exact) mass is 452 g/mol. The Morgan fingerprint density at radius 3 is 2.00 bits per heavy atom. The van der Waals surface area contributed by atoms with Gasteiger partial charge in [0, 0.05) is 0 Å². The van der Waals surface area contributed by atoms with Crippen LogP contribution in [-0.2, 0) is 10.1 Å². The average Bonchev–Trinajstić information content (AvgIpc) is 2.74. The summed E-state index contributed by atoms with van der Waals surface area (Å²) in [6.45, 7) is 1.84. The van der Waals surface area contributed by atoms with Crippen LogP contribution in [0.5, 0.6) is 5.75 Å². The van der Waals surface area contributed by atoms with Crippen molar-refractivity contribution in [3.8, 4) is 11.8 Å². The Hall–Kier alpha value is -4.20. The molecule has 164 valence electrons. The molecule has 0 aromatic heterocycles. The number of aliphatic imine (C=N–C) groups is 1. The van der Waals surface area contributed by atoms with Gasteiger partial charge in [-0.2, -0.15) is 13.7 Å². The number of esters is 1. The summed E-state index contributed by atoms with van der Waals surface area (Å²) in [6, 6.07) is 20.6. The number of hydrogen-bond donors (Lipinski definition) is 3. The number of guanidine groups is 1. The van der Waals surface area contributed by atoms with Gasteiger partial charge >= 0.3 is 5.97 Å². The van der Waals surface area contributed by atoms with Gasteiger partial charge in [0.05, 0.1) is 27.8 Å². The fourth-order valence-corrected chi connectivity index (χ4v) is 2.77. The second-order valence-electron chi connectivity index (χ2n) is 6.40. The number of ether oxygens (including phenoxy) is 1. The maximum atomic E-state index is 11.9. The van der Waals surface area contributed by atoms with Crippen molar-refractivity contribution in [2.75, 3.05) is 0 Å². The van der Waals surface area contributed by atoms with Crippen molar-refractivity contribution in [3.05, 3.63) is 89.5 Å². The summed E-state index contributed by atoms with van der Waals surface area (Å²) >= 11 is 0. The van der Waals surface area contributed by atoms with Gasteiger partial charge in [0.2, 0.25) is 0 Å². The number of carbonyl (C=O) groups is 1. The van der Waals surface area contributed by atoms with Gasteiger partial charge in [-0.1, -0.05) is 17.7 Å². The second kappa shape index (κ2) is 10.7. The Kier molecular flexibility index (Phi) is 8.06. The van der Waals surface area contributed by atoms with Gasteiger partial charge in [0.1, 0.15) is 5.75 Å². The molecule has 32 heavy (non-hydrogen) atoms. The molecule has 0 aliphatic heterocycles. The highest BCUT2D eigenvalue weighted by Gasteiger charge is 2.09. The molecule has 0 unspecified atom stereocenters. The Bertz CT molecular complexity index is 1240. The molecule has 0 aliphatic rings. The zero-order chi connectivity index (χ0) is 23.7. The SMILES string of the molecule is Cc1ccc(S(=O)(=O)O)cc1.N#Cc1ccc(OC(=O)c2ccc(N=C(N)N)cc2)cc1. The van der Waals surface area contributed by atoms with Gasteiger partial charge in [0.25, 0.3) is 10.1 Å². The van der Waals surface area contributed by atoms with Crippen LogP contribution in [0.15, 0.2) is 82.7 Å². The van der Waals surface area contributed by atoms with Crippen molar-refractivity contribution in [2.45, 2.75) is 11.8 Å². The third-order valence-electron chi connectivity index (χ3n) is 3.87. The Morgan fingerprint density at radius 1 is 0.969 bits per heavy atom. The van der Waals surface area contributed by atoms with Gasteiger partial charge in [-0.05, 0) is 67.6 Å². The predicted molar refractivity (Wildman–Crippen MR) is 119 cm³/mol. The molecule has 3 rings (SSSR count). The summed E-state index contributed by atoms with van der Waals surface area (Å²) < 4.78 is 34.7. The standard InChI is InChI=1S/C15H12N4O2.C7H8O3S/c16-9-10-1-7-13(8-2-10)21-14(20)11-3-5-12(6-4-11)19-15(17)18;1-6-2-4-7(5-3-6)11(8,9)10/h1-8H,(H4,17,18,19);2-5H,1H3,(H,8,9,10). The predicted octanol–water partition coefficient (Wildman–Crippen LogP) is 2.92. The summed E-state index contributed by atoms with van der Waals surface area (Å²) in [4.78, 5) is 15.7. The molecule has 0 saturated carbocycles. The van der Waals surface area contributed by atoms with E-state index in [4.69, 9.17) is 26.0 Å². The first-order chi connectivity index (χ1) is 15.1. The Balaban J connectivity index is 0.000000278. The summed E-state index contributed by atoms with van der Waals surface area (Å²) in [5.41, 5.74) is 12.9. The Labute approximate surface area is 185 Å². The van der Waals surface area contributed by atoms with Crippen molar-refractivity contribution < 1.29 is 22.5 Å². The van der Waals surface area contributed by atoms with E-state index in [0.29, 0.717) is 22.6 Å². The topological polar surface area (TPSA) is 169 Å². The van der Waals surface area contributed by atoms with E-state index in [2.05, 4.69) is 4.99 Å². The first-order valence-corrected chi connectivity index (χ1v) is 10.5. The number of aryl methyl sites for hydroxylation is 1. The molecule has 0 radical (unpaired) electrons. The fraction of sp³-hybridized carbons (Fsp3) is 0.0455. The molecule has 0 spiro atoms. The minimum Gasteiger partial charge on any atom is -0.423 e. The molecule has 0 fully saturated rings. The lowest BCUT2D eigenvalue weighted by molar-refractivity contribution is 0.0734. The zero-order valence-electron chi connectivity index (χ0n) is 17.0. The molecule has 10 heteroatoms. The normalized spacial score (nSPS) is 10.2. The molecule has 0 heterocycles. The first kappa shape index (κ1) is 24.1. The van der Waals surface area contributed by atoms with E-state index in [1.54, 1.807) is 60.7 Å². The van der Waals surface area contributed by atoms with E-state index in [0.717, 1.165) is 5.56 Å². The molecule has 0 saturated heterocycles. The van der Waals surface area contributed by atoms with E-state index >= 15 is 0 Å². The second-order valence-corrected chi connectivity index (χ2v) is 7.82. The van der Waals surface area contributed by atoms with Crippen LogP contribution in [0.4, 0.5) is 5.69 Å². The number of nitrogens with zero attached hydrogens (tertiary/aromatic N) is 2. The largest absolute Gasteiger partial charge is 0.423 e. The van der Waals surface area contributed by atoms with Crippen LogP contribution < -0.4 is 16.2 Å². The highest BCUT2D eigenvalue weighted by Crippen LogP contribution is 2.16. The fourth-order valence-electron chi connectivity index (χ4n) is 2.29. The quantitative estimate of drug-likeness (QED) is 0.178. The van der Waals surface area contributed by atoms with Crippen molar-refractivity contribution in [3.63, 3.8) is 0 Å². The number of rotatable bonds is 4. The third kappa shape index (κ3) is 7.56. The number of benzene rings is 3. The van der Waals surface area contributed by atoms with Crippen LogP contribution in [0.3, 0.4) is 0 Å². The minimum atomic E-state index is -4.02. The maximum Gasteiger partial charge on any atom is 0.343 e. The van der Waals surface area contributed by atoms with Crippen LogP contribution in [0.25, 0.3) is 0 Å². The van der Waals surface area contributed by atoms with E-state index in [9.17, 15) is 13.2 Å². The highest BCUT2D eigenvalue weighted by atomic mass is 32.2. The summed E-state index contributed by atoms with van der Waals surface area (Å²) in [6.07, 6.45) is 0. The van der Waals surface area contributed by atoms with Crippen molar-refractivity contribution in [2.24, 2.45) is 16.5 Å². The van der Waals surface area contributed by atoms with Crippen LogP contribution in [-0.4, -0.2) is 24.9 Å². The average molecular weight is 452 g/mol. The molecular formula is C22H20N4O5S. The van der Waals surface area contributed by atoms with E-state index in [1.807, 2.05) is 13.0 Å². The molecule has 3 aromatic carbocycles. The molecular weight excluding hydrogens is 432 g/mol. The van der Waals surface area contributed by atoms with Gasteiger partial charge in [-0.3, -0.25) is 4.55 Å². The molecule has 0 atom stereocenters. The van der Waals surface area contributed by atoms with Gasteiger partial charge in [-0.25, -0.2) is 9.79 Å². The van der Waals surface area contributed by atoms with Crippen LogP contribution in [0.2, 0.25) is 0 Å². The first-order valence-electron chi connectivity index (χ1n) is 9.04. The van der Waals surface area contributed by atoms with Crippen LogP contribution >= 0.6 is 0 Å². The lowest BCUT2D eigenvalue weighted by Gasteiger charge is -2.04. The Morgan fingerprint density at radius 2 is 1.53 bits per heavy atom. The van der Waals surface area contributed by atoms with Crippen LogP contribution in [0, 0.1) is 18.3 Å². The lowest BCUT2D eigenvalue weighted by Crippen LogP contribution is -2.21. The van der Waals surface area contributed by atoms with Gasteiger partial charge < -0.3 is 16.2 Å². The smallest absolute Gasteiger partial charge is 0.343 e. The van der Waals surface area contributed by atoms with Gasteiger partial charge in [-0.15, -0.1) is 0 Å². The lowest BCUT2D eigenvalue weighted by atomic mass is 10.2. The van der Waals surface area contributed by atoms with Crippen molar-refractivity contribution in [1.29, 1.82) is 5.26 Å². The summed E-state index contributed by atoms with van der Waals surface area (Å²) in [5, 5.41) is 8.69. The van der Waals surface area contributed by atoms with Gasteiger partial charge in [0.15, 0.2) is 5.96 Å². The molecule has 0 aliphatic carbocycles. The van der Waals surface area contributed by atoms with E-state index in [-0.39, 0.29) is 10.9 Å². The van der Waals surface area contributed by atoms with E-state index < -0.39 is 16.1 Å². The molecule has 0 amide bonds. The summed E-state index contributed by atoms with van der Waals surface area (Å²) in [5.74, 6) is -0.189. The highest BCUT2D eigenvalue weighted by molar-refractivity contribution is 7.85. The van der Waals surface area contributed by atoms with Crippen molar-refractivity contribution in [1.82, 2.24) is 0 Å². The minimum absolute atomic E-state index is 0.0529. The summed E-state index contributed by atoms with van der Waals surface area (Å²) in [7, 11) is -4.02. The molecule has 3 aromatic rings. The number of carbonyl (C=O) groups excluding carboxylic acids is 1. The maximum absolute atomic E-state index is 11.9. The van der Waals surface area contributed by atoms with Crippen molar-refractivity contribution >= 4 is 27.7 Å². The van der Waals surface area contributed by atoms with E-state index in [1.165, 1.54) is 12.1 Å². The molecule has 5 N–H and O–H groups in total. The van der Waals surface area contributed by atoms with Crippen LogP contribution in [0.1, 0.15) is 21.5 Å². The molecule has 9 nitrogen and oxygen atoms in total. The molecule has 0 bridgehead atoms. The third-order valence-corrected chi connectivity index (χ3v) is 4.74. The number of hydrogen-bond acceptors (Lipinski definition) is 6. The number of nitrogens with two attached hydrogens (primary N) is 2.